The molecule has 0 saturated heterocycles. The van der Waals surface area contributed by atoms with Crippen LogP contribution in [0.25, 0.3) is 0 Å². The normalized spacial score (nSPS) is 35.9. The molecule has 0 amide bonds. The van der Waals surface area contributed by atoms with E-state index in [1.807, 2.05) is 0 Å². The van der Waals surface area contributed by atoms with Crippen molar-refractivity contribution in [3.63, 3.8) is 0 Å². The molecule has 2 N–H and O–H groups in total. The summed E-state index contributed by atoms with van der Waals surface area (Å²) >= 11 is 0. The van der Waals surface area contributed by atoms with Crippen molar-refractivity contribution in [1.82, 2.24) is 4.73 Å². The summed E-state index contributed by atoms with van der Waals surface area (Å²) in [5, 5.41) is 19.1. The van der Waals surface area contributed by atoms with E-state index in [-0.39, 0.29) is 24.0 Å². The van der Waals surface area contributed by atoms with Crippen LogP contribution in [0.15, 0.2) is 23.8 Å². The van der Waals surface area contributed by atoms with Gasteiger partial charge in [-0.1, -0.05) is 25.8 Å². The minimum Gasteiger partial charge on any atom is -0.492 e. The molecule has 8 heteroatoms. The molecule has 8 nitrogen and oxygen atoms in total. The number of aromatic nitrogens is 1. The highest BCUT2D eigenvalue weighted by atomic mass is 16.7. The van der Waals surface area contributed by atoms with Crippen molar-refractivity contribution in [1.29, 1.82) is 0 Å². The number of allylic oxidation sites excluding steroid dienone is 1. The van der Waals surface area contributed by atoms with Gasteiger partial charge in [-0.25, -0.2) is 4.79 Å². The lowest BCUT2D eigenvalue weighted by Gasteiger charge is -2.57. The van der Waals surface area contributed by atoms with Crippen molar-refractivity contribution in [3.8, 4) is 11.8 Å². The monoisotopic (exact) mass is 485 g/mol. The van der Waals surface area contributed by atoms with Crippen LogP contribution < -0.4 is 4.84 Å². The van der Waals surface area contributed by atoms with Crippen LogP contribution in [-0.4, -0.2) is 38.8 Å². The van der Waals surface area contributed by atoms with Gasteiger partial charge in [0.25, 0.3) is 0 Å². The van der Waals surface area contributed by atoms with E-state index in [0.29, 0.717) is 28.4 Å². The molecule has 35 heavy (non-hydrogen) atoms. The lowest BCUT2D eigenvalue weighted by atomic mass is 9.47. The average molecular weight is 486 g/mol. The lowest BCUT2D eigenvalue weighted by Crippen LogP contribution is -2.51. The zero-order valence-electron chi connectivity index (χ0n) is 20.5. The Morgan fingerprint density at radius 2 is 1.74 bits per heavy atom. The van der Waals surface area contributed by atoms with Crippen molar-refractivity contribution in [3.05, 3.63) is 23.8 Å². The summed E-state index contributed by atoms with van der Waals surface area (Å²) in [6.45, 7) is 4.72. The van der Waals surface area contributed by atoms with Gasteiger partial charge in [-0.05, 0) is 73.2 Å². The SMILES string of the molecule is C[C@@]12CCC[C@H]1[C@@H]1CCC3=CC(=O)C(OC(=O)CCC(=O)On4c(O)ccc4O)C[C@]3(C)[C@@H]1CC2. The molecular weight excluding hydrogens is 450 g/mol. The number of fused-ring (bicyclic) bond motifs is 5. The highest BCUT2D eigenvalue weighted by molar-refractivity contribution is 5.97. The summed E-state index contributed by atoms with van der Waals surface area (Å²) in [5.41, 5.74) is 1.53. The van der Waals surface area contributed by atoms with Crippen molar-refractivity contribution in [2.75, 3.05) is 0 Å². The van der Waals surface area contributed by atoms with Gasteiger partial charge in [0.15, 0.2) is 11.9 Å². The van der Waals surface area contributed by atoms with Gasteiger partial charge >= 0.3 is 11.9 Å². The molecular formula is C27H35NO7. The largest absolute Gasteiger partial charge is 0.492 e. The summed E-state index contributed by atoms with van der Waals surface area (Å²) in [4.78, 5) is 42.3. The van der Waals surface area contributed by atoms with E-state index in [4.69, 9.17) is 9.57 Å². The predicted molar refractivity (Wildman–Crippen MR) is 125 cm³/mol. The van der Waals surface area contributed by atoms with Crippen molar-refractivity contribution in [2.45, 2.75) is 84.2 Å². The van der Waals surface area contributed by atoms with Gasteiger partial charge in [0.1, 0.15) is 0 Å². The second kappa shape index (κ2) is 8.71. The molecule has 1 aromatic rings. The molecule has 1 aromatic heterocycles. The average Bonchev–Trinajstić information content (AvgIpc) is 3.35. The van der Waals surface area contributed by atoms with Gasteiger partial charge in [0.05, 0.1) is 12.8 Å². The van der Waals surface area contributed by atoms with Gasteiger partial charge in [-0.3, -0.25) is 9.59 Å². The van der Waals surface area contributed by atoms with Gasteiger partial charge in [-0.15, -0.1) is 4.73 Å². The van der Waals surface area contributed by atoms with Crippen LogP contribution >= 0.6 is 0 Å². The molecule has 1 unspecified atom stereocenters. The third-order valence-corrected chi connectivity index (χ3v) is 9.56. The van der Waals surface area contributed by atoms with Crippen molar-refractivity contribution < 1.29 is 34.2 Å². The first-order valence-corrected chi connectivity index (χ1v) is 12.9. The molecule has 0 aromatic carbocycles. The number of hydrogen-bond acceptors (Lipinski definition) is 7. The maximum absolute atomic E-state index is 12.8. The molecule has 4 aliphatic rings. The topological polar surface area (TPSA) is 115 Å². The molecule has 4 aliphatic carbocycles. The number of hydrogen-bond donors (Lipinski definition) is 2. The summed E-state index contributed by atoms with van der Waals surface area (Å²) < 4.78 is 6.16. The van der Waals surface area contributed by atoms with Crippen molar-refractivity contribution in [2.24, 2.45) is 28.6 Å². The number of carbonyl (C=O) groups excluding carboxylic acids is 3. The number of nitrogens with zero attached hydrogens (tertiary/aromatic N) is 1. The fourth-order valence-corrected chi connectivity index (χ4v) is 7.75. The fourth-order valence-electron chi connectivity index (χ4n) is 7.75. The molecule has 190 valence electrons. The van der Waals surface area contributed by atoms with E-state index >= 15 is 0 Å². The first-order valence-electron chi connectivity index (χ1n) is 12.9. The Labute approximate surface area is 205 Å². The fraction of sp³-hybridized carbons (Fsp3) is 0.667. The summed E-state index contributed by atoms with van der Waals surface area (Å²) in [7, 11) is 0. The number of carbonyl (C=O) groups is 3. The highest BCUT2D eigenvalue weighted by Crippen LogP contribution is 2.65. The van der Waals surface area contributed by atoms with Crippen LogP contribution in [0.2, 0.25) is 0 Å². The Bertz CT molecular complexity index is 1050. The van der Waals surface area contributed by atoms with Crippen LogP contribution in [-0.2, 0) is 19.1 Å². The Morgan fingerprint density at radius 1 is 1.03 bits per heavy atom. The molecule has 0 bridgehead atoms. The second-order valence-electron chi connectivity index (χ2n) is 11.5. The number of rotatable bonds is 5. The Kier molecular flexibility index (Phi) is 5.96. The third kappa shape index (κ3) is 4.15. The molecule has 0 spiro atoms. The zero-order chi connectivity index (χ0) is 25.0. The number of aromatic hydroxyl groups is 2. The van der Waals surface area contributed by atoms with Crippen molar-refractivity contribution >= 4 is 17.7 Å². The van der Waals surface area contributed by atoms with E-state index in [1.165, 1.54) is 43.4 Å². The first kappa shape index (κ1) is 23.9. The van der Waals surface area contributed by atoms with Gasteiger partial charge < -0.3 is 19.8 Å². The van der Waals surface area contributed by atoms with Crippen LogP contribution in [0.3, 0.4) is 0 Å². The predicted octanol–water partition coefficient (Wildman–Crippen LogP) is 4.08. The smallest absolute Gasteiger partial charge is 0.333 e. The summed E-state index contributed by atoms with van der Waals surface area (Å²) in [6, 6.07) is 2.34. The van der Waals surface area contributed by atoms with E-state index in [0.717, 1.165) is 25.2 Å². The maximum atomic E-state index is 12.8. The van der Waals surface area contributed by atoms with Crippen LogP contribution in [0, 0.1) is 28.6 Å². The van der Waals surface area contributed by atoms with Crippen LogP contribution in [0.4, 0.5) is 0 Å². The van der Waals surface area contributed by atoms with Crippen LogP contribution in [0.1, 0.15) is 78.1 Å². The first-order chi connectivity index (χ1) is 16.6. The van der Waals surface area contributed by atoms with E-state index in [2.05, 4.69) is 13.8 Å². The van der Waals surface area contributed by atoms with Gasteiger partial charge in [-0.2, -0.15) is 0 Å². The summed E-state index contributed by atoms with van der Waals surface area (Å²) in [5.74, 6) is -0.573. The maximum Gasteiger partial charge on any atom is 0.333 e. The van der Waals surface area contributed by atoms with Gasteiger partial charge in [0, 0.05) is 18.6 Å². The highest BCUT2D eigenvalue weighted by Gasteiger charge is 2.57. The molecule has 3 fully saturated rings. The molecule has 6 atom stereocenters. The Hall–Kier alpha value is -2.77. The van der Waals surface area contributed by atoms with E-state index < -0.39 is 29.8 Å². The molecule has 0 aliphatic heterocycles. The standard InChI is InChI=1S/C27H35NO7/c1-26-12-3-4-18(26)17-6-5-16-14-20(29)21(15-27(16,2)19(17)11-13-26)34-24(32)9-10-25(33)35-28-22(30)7-8-23(28)31/h7-8,14,17-19,21,30-31H,3-6,9-13,15H2,1-2H3/t17-,18-,19+,21?,26-,27-/m0/s1. The van der Waals surface area contributed by atoms with Crippen LogP contribution in [0.5, 0.6) is 11.8 Å². The Morgan fingerprint density at radius 3 is 2.49 bits per heavy atom. The summed E-state index contributed by atoms with van der Waals surface area (Å²) in [6.07, 6.45) is 9.26. The number of ether oxygens (including phenoxy) is 1. The molecule has 5 rings (SSSR count). The van der Waals surface area contributed by atoms with Gasteiger partial charge in [0.2, 0.25) is 11.8 Å². The van der Waals surface area contributed by atoms with E-state index in [9.17, 15) is 24.6 Å². The molecule has 1 heterocycles. The zero-order valence-corrected chi connectivity index (χ0v) is 20.5. The minimum absolute atomic E-state index is 0.145. The second-order valence-corrected chi connectivity index (χ2v) is 11.5. The quantitative estimate of drug-likeness (QED) is 0.604. The molecule has 0 radical (unpaired) electrons. The number of esters is 1. The molecule has 3 saturated carbocycles. The number of ketones is 1. The third-order valence-electron chi connectivity index (χ3n) is 9.56. The van der Waals surface area contributed by atoms with E-state index in [1.54, 1.807) is 6.08 Å². The Balaban J connectivity index is 1.22. The lowest BCUT2D eigenvalue weighted by molar-refractivity contribution is -0.160. The minimum atomic E-state index is -0.833.